The molecule has 1 aromatic heterocycles. The van der Waals surface area contributed by atoms with Crippen molar-refractivity contribution in [2.45, 2.75) is 26.3 Å². The molecule has 0 saturated carbocycles. The van der Waals surface area contributed by atoms with Crippen LogP contribution in [0, 0.1) is 6.92 Å². The Labute approximate surface area is 121 Å². The number of thiophene rings is 1. The third kappa shape index (κ3) is 2.85. The predicted octanol–water partition coefficient (Wildman–Crippen LogP) is 5.16. The normalized spacial score (nSPS) is 12.7. The lowest BCUT2D eigenvalue weighted by Crippen LogP contribution is -2.13. The van der Waals surface area contributed by atoms with E-state index in [2.05, 4.69) is 65.4 Å². The zero-order valence-corrected chi connectivity index (χ0v) is 13.4. The fourth-order valence-corrected chi connectivity index (χ4v) is 3.74. The molecule has 0 radical (unpaired) electrons. The van der Waals surface area contributed by atoms with Crippen molar-refractivity contribution in [1.29, 1.82) is 0 Å². The maximum Gasteiger partial charge on any atom is 0.0409 e. The molecule has 0 amide bonds. The van der Waals surface area contributed by atoms with Gasteiger partial charge in [-0.15, -0.1) is 11.3 Å². The minimum atomic E-state index is 0.469. The van der Waals surface area contributed by atoms with Crippen LogP contribution in [0.15, 0.2) is 34.8 Å². The second-order valence-electron chi connectivity index (χ2n) is 4.41. The number of nitrogens with one attached hydrogen (secondary N) is 1. The van der Waals surface area contributed by atoms with Crippen molar-refractivity contribution in [1.82, 2.24) is 5.32 Å². The van der Waals surface area contributed by atoms with Crippen LogP contribution in [0.2, 0.25) is 0 Å². The van der Waals surface area contributed by atoms with Crippen LogP contribution in [0.1, 0.15) is 29.8 Å². The quantitative estimate of drug-likeness (QED) is 0.819. The summed E-state index contributed by atoms with van der Waals surface area (Å²) in [6.07, 6.45) is 1.12. The van der Waals surface area contributed by atoms with Crippen molar-refractivity contribution in [2.75, 3.05) is 7.05 Å². The highest BCUT2D eigenvalue weighted by molar-refractivity contribution is 9.10. The van der Waals surface area contributed by atoms with Crippen molar-refractivity contribution in [3.8, 4) is 10.4 Å². The lowest BCUT2D eigenvalue weighted by atomic mass is 10.1. The SMILES string of the molecule is CCC(NC)c1ccc(-c2cc(Br)ccc2C)s1. The lowest BCUT2D eigenvalue weighted by molar-refractivity contribution is 0.586. The second kappa shape index (κ2) is 6.00. The van der Waals surface area contributed by atoms with Gasteiger partial charge in [0, 0.05) is 20.3 Å². The molecule has 0 saturated heterocycles. The Bertz CT molecular complexity index is 529. The predicted molar refractivity (Wildman–Crippen MR) is 84.3 cm³/mol. The van der Waals surface area contributed by atoms with Crippen molar-refractivity contribution >= 4 is 27.3 Å². The van der Waals surface area contributed by atoms with Crippen LogP contribution in [0.3, 0.4) is 0 Å². The number of aryl methyl sites for hydroxylation is 1. The number of rotatable bonds is 4. The second-order valence-corrected chi connectivity index (χ2v) is 6.44. The zero-order chi connectivity index (χ0) is 13.1. The molecular weight excluding hydrogens is 306 g/mol. The summed E-state index contributed by atoms with van der Waals surface area (Å²) in [6.45, 7) is 4.38. The Morgan fingerprint density at radius 2 is 2.06 bits per heavy atom. The molecule has 2 rings (SSSR count). The van der Waals surface area contributed by atoms with E-state index in [1.54, 1.807) is 0 Å². The topological polar surface area (TPSA) is 12.0 Å². The van der Waals surface area contributed by atoms with Gasteiger partial charge in [0.15, 0.2) is 0 Å². The van der Waals surface area contributed by atoms with Crippen molar-refractivity contribution in [3.05, 3.63) is 45.2 Å². The average molecular weight is 324 g/mol. The summed E-state index contributed by atoms with van der Waals surface area (Å²) >= 11 is 5.43. The number of hydrogen-bond donors (Lipinski definition) is 1. The third-order valence-corrected chi connectivity index (χ3v) is 4.92. The van der Waals surface area contributed by atoms with Gasteiger partial charge in [-0.3, -0.25) is 0 Å². The molecular formula is C15H18BrNS. The van der Waals surface area contributed by atoms with Crippen LogP contribution >= 0.6 is 27.3 Å². The first-order chi connectivity index (χ1) is 8.65. The summed E-state index contributed by atoms with van der Waals surface area (Å²) in [7, 11) is 2.03. The van der Waals surface area contributed by atoms with E-state index in [4.69, 9.17) is 0 Å². The third-order valence-electron chi connectivity index (χ3n) is 3.19. The van der Waals surface area contributed by atoms with E-state index >= 15 is 0 Å². The number of benzene rings is 1. The van der Waals surface area contributed by atoms with Crippen molar-refractivity contribution < 1.29 is 0 Å². The molecule has 1 N–H and O–H groups in total. The standard InChI is InChI=1S/C15H18BrNS/c1-4-13(17-3)15-8-7-14(18-15)12-9-11(16)6-5-10(12)2/h5-9,13,17H,4H2,1-3H3. The molecule has 18 heavy (non-hydrogen) atoms. The summed E-state index contributed by atoms with van der Waals surface area (Å²) in [5, 5.41) is 3.36. The molecule has 0 bridgehead atoms. The summed E-state index contributed by atoms with van der Waals surface area (Å²) in [6, 6.07) is 11.4. The monoisotopic (exact) mass is 323 g/mol. The molecule has 3 heteroatoms. The van der Waals surface area contributed by atoms with Crippen molar-refractivity contribution in [2.24, 2.45) is 0 Å². The van der Waals surface area contributed by atoms with E-state index in [0.29, 0.717) is 6.04 Å². The van der Waals surface area contributed by atoms with Gasteiger partial charge >= 0.3 is 0 Å². The van der Waals surface area contributed by atoms with Gasteiger partial charge in [-0.25, -0.2) is 0 Å². The number of hydrogen-bond acceptors (Lipinski definition) is 2. The van der Waals surface area contributed by atoms with E-state index in [1.807, 2.05) is 18.4 Å². The average Bonchev–Trinajstić information content (AvgIpc) is 2.83. The smallest absolute Gasteiger partial charge is 0.0409 e. The first kappa shape index (κ1) is 13.8. The Balaban J connectivity index is 2.37. The van der Waals surface area contributed by atoms with E-state index in [1.165, 1.54) is 20.9 Å². The lowest BCUT2D eigenvalue weighted by Gasteiger charge is -2.10. The highest BCUT2D eigenvalue weighted by Gasteiger charge is 2.11. The largest absolute Gasteiger partial charge is 0.312 e. The summed E-state index contributed by atoms with van der Waals surface area (Å²) < 4.78 is 1.14. The molecule has 96 valence electrons. The van der Waals surface area contributed by atoms with Crippen LogP contribution in [-0.4, -0.2) is 7.05 Å². The van der Waals surface area contributed by atoms with E-state index < -0.39 is 0 Å². The molecule has 1 heterocycles. The summed E-state index contributed by atoms with van der Waals surface area (Å²) in [5.41, 5.74) is 2.65. The minimum absolute atomic E-state index is 0.469. The fourth-order valence-electron chi connectivity index (χ4n) is 2.09. The highest BCUT2D eigenvalue weighted by Crippen LogP contribution is 2.35. The highest BCUT2D eigenvalue weighted by atomic mass is 79.9. The molecule has 0 fully saturated rings. The minimum Gasteiger partial charge on any atom is -0.312 e. The maximum absolute atomic E-state index is 3.55. The Kier molecular flexibility index (Phi) is 4.60. The first-order valence-electron chi connectivity index (χ1n) is 6.19. The molecule has 2 aromatic rings. The van der Waals surface area contributed by atoms with Gasteiger partial charge in [-0.05, 0) is 55.8 Å². The van der Waals surface area contributed by atoms with Crippen LogP contribution in [-0.2, 0) is 0 Å². The van der Waals surface area contributed by atoms with E-state index in [-0.39, 0.29) is 0 Å². The molecule has 0 aliphatic heterocycles. The van der Waals surface area contributed by atoms with Crippen LogP contribution in [0.5, 0.6) is 0 Å². The Morgan fingerprint density at radius 1 is 1.28 bits per heavy atom. The van der Waals surface area contributed by atoms with Crippen LogP contribution in [0.4, 0.5) is 0 Å². The fraction of sp³-hybridized carbons (Fsp3) is 0.333. The van der Waals surface area contributed by atoms with Gasteiger partial charge in [0.1, 0.15) is 0 Å². The molecule has 1 atom stereocenters. The number of halogens is 1. The van der Waals surface area contributed by atoms with Gasteiger partial charge in [0.25, 0.3) is 0 Å². The molecule has 0 spiro atoms. The molecule has 0 aliphatic rings. The van der Waals surface area contributed by atoms with Gasteiger partial charge in [0.2, 0.25) is 0 Å². The van der Waals surface area contributed by atoms with E-state index in [9.17, 15) is 0 Å². The van der Waals surface area contributed by atoms with Gasteiger partial charge in [-0.2, -0.15) is 0 Å². The van der Waals surface area contributed by atoms with Gasteiger partial charge < -0.3 is 5.32 Å². The molecule has 1 nitrogen and oxygen atoms in total. The van der Waals surface area contributed by atoms with Crippen LogP contribution < -0.4 is 5.32 Å². The van der Waals surface area contributed by atoms with Crippen LogP contribution in [0.25, 0.3) is 10.4 Å². The molecule has 1 unspecified atom stereocenters. The molecule has 1 aromatic carbocycles. The maximum atomic E-state index is 3.55. The zero-order valence-electron chi connectivity index (χ0n) is 11.0. The summed E-state index contributed by atoms with van der Waals surface area (Å²) in [5.74, 6) is 0. The summed E-state index contributed by atoms with van der Waals surface area (Å²) in [4.78, 5) is 2.76. The first-order valence-corrected chi connectivity index (χ1v) is 7.80. The molecule has 0 aliphatic carbocycles. The Hall–Kier alpha value is -0.640. The van der Waals surface area contributed by atoms with Gasteiger partial charge in [0.05, 0.1) is 0 Å². The Morgan fingerprint density at radius 3 is 2.72 bits per heavy atom. The van der Waals surface area contributed by atoms with Gasteiger partial charge in [-0.1, -0.05) is 28.9 Å². The van der Waals surface area contributed by atoms with Crippen molar-refractivity contribution in [3.63, 3.8) is 0 Å². The van der Waals surface area contributed by atoms with E-state index in [0.717, 1.165) is 10.9 Å².